The van der Waals surface area contributed by atoms with Crippen LogP contribution in [0.5, 0.6) is 0 Å². The second-order valence-electron chi connectivity index (χ2n) is 7.15. The molecule has 148 valence electrons. The lowest BCUT2D eigenvalue weighted by atomic mass is 10.1. The lowest BCUT2D eigenvalue weighted by Crippen LogP contribution is -2.47. The number of aliphatic hydroxyl groups is 1. The molecule has 7 heteroatoms. The van der Waals surface area contributed by atoms with Crippen LogP contribution in [0.3, 0.4) is 0 Å². The number of hydrogen-bond donors (Lipinski definition) is 1. The summed E-state index contributed by atoms with van der Waals surface area (Å²) in [5.74, 6) is 5.55. The molecule has 2 heterocycles. The van der Waals surface area contributed by atoms with Crippen molar-refractivity contribution in [3.05, 3.63) is 35.4 Å². The molecule has 0 aliphatic carbocycles. The predicted molar refractivity (Wildman–Crippen MR) is 106 cm³/mol. The molecule has 0 spiro atoms. The van der Waals surface area contributed by atoms with Gasteiger partial charge in [0.05, 0.1) is 0 Å². The molecule has 6 nitrogen and oxygen atoms in total. The topological polar surface area (TPSA) is 64.1 Å². The fourth-order valence-corrected chi connectivity index (χ4v) is 5.41. The van der Waals surface area contributed by atoms with Crippen LogP contribution in [0, 0.1) is 11.8 Å². The van der Waals surface area contributed by atoms with E-state index in [9.17, 15) is 8.42 Å². The van der Waals surface area contributed by atoms with Crippen molar-refractivity contribution in [2.45, 2.75) is 32.2 Å². The fraction of sp³-hybridized carbons (Fsp3) is 0.600. The Balaban J connectivity index is 1.56. The maximum Gasteiger partial charge on any atom is 0.282 e. The molecule has 2 saturated heterocycles. The minimum absolute atomic E-state index is 0.133. The Labute approximate surface area is 162 Å². The number of benzene rings is 1. The van der Waals surface area contributed by atoms with Crippen LogP contribution in [0.4, 0.5) is 0 Å². The van der Waals surface area contributed by atoms with Crippen molar-refractivity contribution in [2.24, 2.45) is 0 Å². The average molecular weight is 392 g/mol. The van der Waals surface area contributed by atoms with E-state index in [0.717, 1.165) is 50.9 Å². The zero-order chi connectivity index (χ0) is 19.1. The second kappa shape index (κ2) is 9.67. The van der Waals surface area contributed by atoms with E-state index in [1.807, 2.05) is 12.1 Å². The highest BCUT2D eigenvalue weighted by Crippen LogP contribution is 2.19. The normalized spacial score (nSPS) is 20.6. The Morgan fingerprint density at radius 3 is 2.22 bits per heavy atom. The number of hydrogen-bond acceptors (Lipinski definition) is 4. The standard InChI is InChI=1S/C20H29N3O3S/c24-17-4-6-19-7-9-20(10-8-19)18-21-11-5-14-23(16-15-21)27(25,26)22-12-2-1-3-13-22/h7-10,24H,1-3,5,11-18H2. The van der Waals surface area contributed by atoms with Crippen molar-refractivity contribution >= 4 is 10.2 Å². The van der Waals surface area contributed by atoms with Crippen LogP contribution in [0.15, 0.2) is 24.3 Å². The van der Waals surface area contributed by atoms with E-state index in [0.29, 0.717) is 26.2 Å². The zero-order valence-electron chi connectivity index (χ0n) is 15.8. The molecule has 1 N–H and O–H groups in total. The molecule has 0 aromatic heterocycles. The summed E-state index contributed by atoms with van der Waals surface area (Å²) in [6, 6.07) is 8.02. The highest BCUT2D eigenvalue weighted by atomic mass is 32.2. The highest BCUT2D eigenvalue weighted by molar-refractivity contribution is 7.86. The summed E-state index contributed by atoms with van der Waals surface area (Å²) in [5.41, 5.74) is 2.08. The minimum atomic E-state index is -3.31. The molecule has 27 heavy (non-hydrogen) atoms. The summed E-state index contributed by atoms with van der Waals surface area (Å²) in [7, 11) is -3.31. The van der Waals surface area contributed by atoms with Crippen LogP contribution >= 0.6 is 0 Å². The van der Waals surface area contributed by atoms with E-state index in [2.05, 4.69) is 28.9 Å². The van der Waals surface area contributed by atoms with Gasteiger partial charge in [0, 0.05) is 44.8 Å². The molecule has 0 bridgehead atoms. The van der Waals surface area contributed by atoms with Gasteiger partial charge in [-0.15, -0.1) is 0 Å². The molecule has 2 aliphatic rings. The van der Waals surface area contributed by atoms with Gasteiger partial charge in [-0.1, -0.05) is 30.4 Å². The van der Waals surface area contributed by atoms with Crippen LogP contribution in [0.25, 0.3) is 0 Å². The molecule has 2 fully saturated rings. The number of rotatable bonds is 4. The van der Waals surface area contributed by atoms with Gasteiger partial charge in [-0.3, -0.25) is 4.90 Å². The summed E-state index contributed by atoms with van der Waals surface area (Å²) in [4.78, 5) is 2.32. The van der Waals surface area contributed by atoms with Gasteiger partial charge in [-0.2, -0.15) is 17.0 Å². The number of piperidine rings is 1. The van der Waals surface area contributed by atoms with Crippen LogP contribution < -0.4 is 0 Å². The summed E-state index contributed by atoms with van der Waals surface area (Å²) in [5, 5.41) is 8.76. The Morgan fingerprint density at radius 1 is 0.852 bits per heavy atom. The zero-order valence-corrected chi connectivity index (χ0v) is 16.6. The predicted octanol–water partition coefficient (Wildman–Crippen LogP) is 1.27. The molecule has 2 aliphatic heterocycles. The summed E-state index contributed by atoms with van der Waals surface area (Å²) in [6.45, 7) is 4.81. The van der Waals surface area contributed by atoms with Gasteiger partial charge in [-0.05, 0) is 43.5 Å². The molecular weight excluding hydrogens is 362 g/mol. The lowest BCUT2D eigenvalue weighted by Gasteiger charge is -2.31. The van der Waals surface area contributed by atoms with Gasteiger partial charge in [0.2, 0.25) is 0 Å². The van der Waals surface area contributed by atoms with E-state index >= 15 is 0 Å². The maximum absolute atomic E-state index is 12.9. The van der Waals surface area contributed by atoms with Crippen molar-refractivity contribution in [2.75, 3.05) is 45.9 Å². The smallest absolute Gasteiger partial charge is 0.282 e. The van der Waals surface area contributed by atoms with Gasteiger partial charge in [0.15, 0.2) is 0 Å². The molecular formula is C20H29N3O3S. The first kappa shape index (κ1) is 20.3. The van der Waals surface area contributed by atoms with Gasteiger partial charge < -0.3 is 5.11 Å². The average Bonchev–Trinajstić information content (AvgIpc) is 2.94. The van der Waals surface area contributed by atoms with Crippen molar-refractivity contribution in [1.82, 2.24) is 13.5 Å². The third kappa shape index (κ3) is 5.53. The van der Waals surface area contributed by atoms with E-state index in [1.54, 1.807) is 8.61 Å². The van der Waals surface area contributed by atoms with Crippen molar-refractivity contribution in [3.8, 4) is 11.8 Å². The molecule has 0 saturated carbocycles. The molecule has 0 atom stereocenters. The van der Waals surface area contributed by atoms with Crippen LogP contribution in [-0.2, 0) is 16.8 Å². The van der Waals surface area contributed by atoms with Crippen LogP contribution in [-0.4, -0.2) is 72.9 Å². The fourth-order valence-electron chi connectivity index (χ4n) is 3.69. The molecule has 0 radical (unpaired) electrons. The monoisotopic (exact) mass is 391 g/mol. The molecule has 3 rings (SSSR count). The van der Waals surface area contributed by atoms with Crippen LogP contribution in [0.2, 0.25) is 0 Å². The lowest BCUT2D eigenvalue weighted by molar-refractivity contribution is 0.272. The van der Waals surface area contributed by atoms with Gasteiger partial charge >= 0.3 is 0 Å². The van der Waals surface area contributed by atoms with E-state index in [1.165, 1.54) is 5.56 Å². The van der Waals surface area contributed by atoms with Crippen molar-refractivity contribution in [3.63, 3.8) is 0 Å². The largest absolute Gasteiger partial charge is 0.384 e. The Bertz CT molecular complexity index is 762. The van der Waals surface area contributed by atoms with E-state index in [-0.39, 0.29) is 6.61 Å². The Morgan fingerprint density at radius 2 is 1.52 bits per heavy atom. The van der Waals surface area contributed by atoms with Gasteiger partial charge in [-0.25, -0.2) is 0 Å². The van der Waals surface area contributed by atoms with Gasteiger partial charge in [0.25, 0.3) is 10.2 Å². The summed E-state index contributed by atoms with van der Waals surface area (Å²) in [6.07, 6.45) is 3.92. The Kier molecular flexibility index (Phi) is 7.27. The molecule has 1 aromatic rings. The van der Waals surface area contributed by atoms with Crippen molar-refractivity contribution < 1.29 is 13.5 Å². The third-order valence-electron chi connectivity index (χ3n) is 5.19. The van der Waals surface area contributed by atoms with Crippen molar-refractivity contribution in [1.29, 1.82) is 0 Å². The first-order valence-corrected chi connectivity index (χ1v) is 11.2. The minimum Gasteiger partial charge on any atom is -0.384 e. The Hall–Kier alpha value is -1.43. The van der Waals surface area contributed by atoms with Gasteiger partial charge in [0.1, 0.15) is 6.61 Å². The maximum atomic E-state index is 12.9. The third-order valence-corrected chi connectivity index (χ3v) is 7.22. The first-order valence-electron chi connectivity index (χ1n) is 9.76. The molecule has 0 amide bonds. The van der Waals surface area contributed by atoms with E-state index < -0.39 is 10.2 Å². The SMILES string of the molecule is O=S(=O)(N1CCCCC1)N1CCCN(Cc2ccc(C#CCO)cc2)CC1. The second-order valence-corrected chi connectivity index (χ2v) is 9.08. The quantitative estimate of drug-likeness (QED) is 0.785. The summed E-state index contributed by atoms with van der Waals surface area (Å²) < 4.78 is 29.1. The molecule has 0 unspecified atom stereocenters. The number of aliphatic hydroxyl groups excluding tert-OH is 1. The van der Waals surface area contributed by atoms with Crippen LogP contribution in [0.1, 0.15) is 36.8 Å². The highest BCUT2D eigenvalue weighted by Gasteiger charge is 2.31. The summed E-state index contributed by atoms with van der Waals surface area (Å²) >= 11 is 0. The number of nitrogens with zero attached hydrogens (tertiary/aromatic N) is 3. The van der Waals surface area contributed by atoms with E-state index in [4.69, 9.17) is 5.11 Å². The molecule has 1 aromatic carbocycles. The first-order chi connectivity index (χ1) is 13.1.